The molecular formula is C6H5F3N2O2. The molecule has 0 amide bonds. The van der Waals surface area contributed by atoms with Crippen molar-refractivity contribution in [3.8, 4) is 0 Å². The van der Waals surface area contributed by atoms with E-state index in [9.17, 15) is 18.0 Å². The maximum atomic E-state index is 11.8. The number of hydrogen-bond donors (Lipinski definition) is 2. The summed E-state index contributed by atoms with van der Waals surface area (Å²) in [6.45, 7) is 0. The van der Waals surface area contributed by atoms with Crippen LogP contribution in [0.25, 0.3) is 0 Å². The summed E-state index contributed by atoms with van der Waals surface area (Å²) in [6.07, 6.45) is -4.89. The average molecular weight is 194 g/mol. The number of halogens is 3. The van der Waals surface area contributed by atoms with Gasteiger partial charge in [-0.15, -0.1) is 0 Å². The second-order valence-electron chi connectivity index (χ2n) is 2.36. The Bertz CT molecular complexity index is 318. The SMILES string of the molecule is O=C(O)c1cn[nH]c1CC(F)(F)F. The molecule has 72 valence electrons. The minimum absolute atomic E-state index is 0.431. The number of carboxylic acids is 1. The van der Waals surface area contributed by atoms with Crippen molar-refractivity contribution in [2.45, 2.75) is 12.6 Å². The monoisotopic (exact) mass is 194 g/mol. The number of H-pyrrole nitrogens is 1. The van der Waals surface area contributed by atoms with Crippen LogP contribution in [-0.2, 0) is 6.42 Å². The van der Waals surface area contributed by atoms with Gasteiger partial charge in [-0.2, -0.15) is 18.3 Å². The minimum Gasteiger partial charge on any atom is -0.478 e. The topological polar surface area (TPSA) is 66.0 Å². The molecule has 0 bridgehead atoms. The van der Waals surface area contributed by atoms with Crippen LogP contribution in [0.5, 0.6) is 0 Å². The molecule has 7 heteroatoms. The number of aromatic nitrogens is 2. The Hall–Kier alpha value is -1.53. The molecule has 0 saturated carbocycles. The molecule has 0 spiro atoms. The first-order chi connectivity index (χ1) is 5.90. The minimum atomic E-state index is -4.43. The number of nitrogens with one attached hydrogen (secondary N) is 1. The van der Waals surface area contributed by atoms with Crippen LogP contribution in [0, 0.1) is 0 Å². The van der Waals surface area contributed by atoms with E-state index >= 15 is 0 Å². The number of nitrogens with zero attached hydrogens (tertiary/aromatic N) is 1. The predicted molar refractivity (Wildman–Crippen MR) is 35.3 cm³/mol. The summed E-state index contributed by atoms with van der Waals surface area (Å²) in [5.74, 6) is -1.42. The molecule has 1 aromatic heterocycles. The lowest BCUT2D eigenvalue weighted by Crippen LogP contribution is -2.14. The van der Waals surface area contributed by atoms with Crippen LogP contribution in [0.2, 0.25) is 0 Å². The number of carbonyl (C=O) groups is 1. The molecular weight excluding hydrogens is 189 g/mol. The van der Waals surface area contributed by atoms with Crippen LogP contribution >= 0.6 is 0 Å². The third kappa shape index (κ3) is 2.46. The molecule has 2 N–H and O–H groups in total. The first-order valence-corrected chi connectivity index (χ1v) is 3.22. The third-order valence-electron chi connectivity index (χ3n) is 1.33. The lowest BCUT2D eigenvalue weighted by Gasteiger charge is -2.03. The van der Waals surface area contributed by atoms with Crippen LogP contribution in [0.3, 0.4) is 0 Å². The Kier molecular flexibility index (Phi) is 2.26. The van der Waals surface area contributed by atoms with Crippen molar-refractivity contribution >= 4 is 5.97 Å². The number of rotatable bonds is 2. The summed E-state index contributed by atoms with van der Waals surface area (Å²) >= 11 is 0. The first-order valence-electron chi connectivity index (χ1n) is 3.22. The van der Waals surface area contributed by atoms with Crippen LogP contribution in [0.1, 0.15) is 16.1 Å². The van der Waals surface area contributed by atoms with Crippen molar-refractivity contribution in [1.29, 1.82) is 0 Å². The molecule has 1 aromatic rings. The fourth-order valence-corrected chi connectivity index (χ4v) is 0.832. The summed E-state index contributed by atoms with van der Waals surface area (Å²) < 4.78 is 35.5. The summed E-state index contributed by atoms with van der Waals surface area (Å²) in [5.41, 5.74) is -0.877. The maximum absolute atomic E-state index is 11.8. The van der Waals surface area contributed by atoms with E-state index in [0.29, 0.717) is 0 Å². The van der Waals surface area contributed by atoms with Crippen molar-refractivity contribution in [3.63, 3.8) is 0 Å². The van der Waals surface area contributed by atoms with Gasteiger partial charge in [0, 0.05) is 0 Å². The molecule has 0 aliphatic carbocycles. The van der Waals surface area contributed by atoms with Crippen molar-refractivity contribution in [3.05, 3.63) is 17.5 Å². The van der Waals surface area contributed by atoms with Gasteiger partial charge < -0.3 is 5.11 Å². The summed E-state index contributed by atoms with van der Waals surface area (Å²) in [4.78, 5) is 10.3. The zero-order chi connectivity index (χ0) is 10.1. The molecule has 0 aliphatic rings. The van der Waals surface area contributed by atoms with Gasteiger partial charge in [0.1, 0.15) is 5.56 Å². The Labute approximate surface area is 70.4 Å². The average Bonchev–Trinajstić information content (AvgIpc) is 2.31. The molecule has 4 nitrogen and oxygen atoms in total. The zero-order valence-corrected chi connectivity index (χ0v) is 6.22. The second kappa shape index (κ2) is 3.08. The molecule has 0 aliphatic heterocycles. The van der Waals surface area contributed by atoms with Gasteiger partial charge in [0.25, 0.3) is 0 Å². The van der Waals surface area contributed by atoms with E-state index in [2.05, 4.69) is 5.10 Å². The third-order valence-corrected chi connectivity index (χ3v) is 1.33. The highest BCUT2D eigenvalue weighted by atomic mass is 19.4. The quantitative estimate of drug-likeness (QED) is 0.743. The lowest BCUT2D eigenvalue weighted by molar-refractivity contribution is -0.127. The zero-order valence-electron chi connectivity index (χ0n) is 6.22. The van der Waals surface area contributed by atoms with Crippen LogP contribution in [0.15, 0.2) is 6.20 Å². The Balaban J connectivity index is 2.89. The first kappa shape index (κ1) is 9.56. The number of hydrogen-bond acceptors (Lipinski definition) is 2. The molecule has 0 unspecified atom stereocenters. The van der Waals surface area contributed by atoms with E-state index in [4.69, 9.17) is 5.11 Å². The second-order valence-corrected chi connectivity index (χ2v) is 2.36. The number of alkyl halides is 3. The molecule has 0 atom stereocenters. The molecule has 1 heterocycles. The molecule has 0 fully saturated rings. The van der Waals surface area contributed by atoms with Gasteiger partial charge in [-0.05, 0) is 0 Å². The molecule has 0 radical (unpaired) electrons. The predicted octanol–water partition coefficient (Wildman–Crippen LogP) is 1.21. The summed E-state index contributed by atoms with van der Waals surface area (Å²) in [7, 11) is 0. The highest BCUT2D eigenvalue weighted by Crippen LogP contribution is 2.21. The highest BCUT2D eigenvalue weighted by molar-refractivity contribution is 5.88. The van der Waals surface area contributed by atoms with Gasteiger partial charge in [0.05, 0.1) is 18.3 Å². The van der Waals surface area contributed by atoms with Gasteiger partial charge in [-0.3, -0.25) is 5.10 Å². The fraction of sp³-hybridized carbons (Fsp3) is 0.333. The van der Waals surface area contributed by atoms with Gasteiger partial charge >= 0.3 is 12.1 Å². The highest BCUT2D eigenvalue weighted by Gasteiger charge is 2.31. The van der Waals surface area contributed by atoms with Gasteiger partial charge in [0.2, 0.25) is 0 Å². The fourth-order valence-electron chi connectivity index (χ4n) is 0.832. The molecule has 13 heavy (non-hydrogen) atoms. The van der Waals surface area contributed by atoms with E-state index in [1.54, 1.807) is 0 Å². The van der Waals surface area contributed by atoms with Gasteiger partial charge in [-0.1, -0.05) is 0 Å². The van der Waals surface area contributed by atoms with E-state index in [-0.39, 0.29) is 0 Å². The number of carboxylic acid groups (broad SMARTS) is 1. The van der Waals surface area contributed by atoms with Crippen LogP contribution in [-0.4, -0.2) is 27.4 Å². The summed E-state index contributed by atoms with van der Waals surface area (Å²) in [6, 6.07) is 0. The Morgan fingerprint density at radius 3 is 2.69 bits per heavy atom. The molecule has 0 aromatic carbocycles. The normalized spacial score (nSPS) is 11.6. The van der Waals surface area contributed by atoms with E-state index in [0.717, 1.165) is 6.20 Å². The van der Waals surface area contributed by atoms with Crippen LogP contribution in [0.4, 0.5) is 13.2 Å². The van der Waals surface area contributed by atoms with Gasteiger partial charge in [-0.25, -0.2) is 4.79 Å². The van der Waals surface area contributed by atoms with E-state index in [1.165, 1.54) is 0 Å². The lowest BCUT2D eigenvalue weighted by atomic mass is 10.2. The summed E-state index contributed by atoms with van der Waals surface area (Å²) in [5, 5.41) is 13.6. The Morgan fingerprint density at radius 2 is 2.23 bits per heavy atom. The standard InChI is InChI=1S/C6H5F3N2O2/c7-6(8,9)1-4-3(5(12)13)2-10-11-4/h2H,1H2,(H,10,11)(H,12,13). The van der Waals surface area contributed by atoms with Crippen molar-refractivity contribution in [1.82, 2.24) is 10.2 Å². The number of aromatic carboxylic acids is 1. The van der Waals surface area contributed by atoms with Crippen molar-refractivity contribution < 1.29 is 23.1 Å². The van der Waals surface area contributed by atoms with E-state index < -0.39 is 29.8 Å². The van der Waals surface area contributed by atoms with Gasteiger partial charge in [0.15, 0.2) is 0 Å². The smallest absolute Gasteiger partial charge is 0.394 e. The largest absolute Gasteiger partial charge is 0.478 e. The maximum Gasteiger partial charge on any atom is 0.394 e. The van der Waals surface area contributed by atoms with Crippen molar-refractivity contribution in [2.75, 3.05) is 0 Å². The molecule has 1 rings (SSSR count). The Morgan fingerprint density at radius 1 is 1.62 bits per heavy atom. The van der Waals surface area contributed by atoms with Crippen LogP contribution < -0.4 is 0 Å². The number of aromatic amines is 1. The van der Waals surface area contributed by atoms with Crippen molar-refractivity contribution in [2.24, 2.45) is 0 Å². The van der Waals surface area contributed by atoms with E-state index in [1.807, 2.05) is 5.10 Å². The molecule has 0 saturated heterocycles.